The van der Waals surface area contributed by atoms with E-state index in [9.17, 15) is 10.1 Å². The van der Waals surface area contributed by atoms with Gasteiger partial charge in [-0.25, -0.2) is 0 Å². The smallest absolute Gasteiger partial charge is 0.272 e. The van der Waals surface area contributed by atoms with E-state index in [1.54, 1.807) is 13.0 Å². The molecule has 0 fully saturated rings. The van der Waals surface area contributed by atoms with Crippen LogP contribution in [0.4, 0.5) is 5.69 Å². The highest BCUT2D eigenvalue weighted by molar-refractivity contribution is 5.42. The summed E-state index contributed by atoms with van der Waals surface area (Å²) in [4.78, 5) is 10.3. The first-order valence-corrected chi connectivity index (χ1v) is 5.08. The SMILES string of the molecule is Cc1ccc(COC[C@@H](C)N)cc1[N+](=O)[O-]. The number of nitrogens with zero attached hydrogens (tertiary/aromatic N) is 1. The van der Waals surface area contributed by atoms with Gasteiger partial charge < -0.3 is 10.5 Å². The number of aryl methyl sites for hydroxylation is 1. The normalized spacial score (nSPS) is 12.4. The first-order chi connectivity index (χ1) is 7.50. The van der Waals surface area contributed by atoms with Crippen molar-refractivity contribution in [1.29, 1.82) is 0 Å². The molecular weight excluding hydrogens is 208 g/mol. The lowest BCUT2D eigenvalue weighted by atomic mass is 10.1. The van der Waals surface area contributed by atoms with Crippen LogP contribution in [0.3, 0.4) is 0 Å². The average molecular weight is 224 g/mol. The Morgan fingerprint density at radius 1 is 1.56 bits per heavy atom. The van der Waals surface area contributed by atoms with Gasteiger partial charge in [0, 0.05) is 17.7 Å². The highest BCUT2D eigenvalue weighted by atomic mass is 16.6. The minimum absolute atomic E-state index is 0.0274. The molecule has 16 heavy (non-hydrogen) atoms. The number of hydrogen-bond acceptors (Lipinski definition) is 4. The molecule has 0 aliphatic heterocycles. The fraction of sp³-hybridized carbons (Fsp3) is 0.455. The van der Waals surface area contributed by atoms with Crippen LogP contribution in [0.1, 0.15) is 18.1 Å². The monoisotopic (exact) mass is 224 g/mol. The number of benzene rings is 1. The Hall–Kier alpha value is -1.46. The molecule has 5 nitrogen and oxygen atoms in total. The van der Waals surface area contributed by atoms with E-state index in [0.717, 1.165) is 5.56 Å². The third-order valence-electron chi connectivity index (χ3n) is 2.12. The van der Waals surface area contributed by atoms with Crippen LogP contribution in [0.25, 0.3) is 0 Å². The minimum atomic E-state index is -0.385. The summed E-state index contributed by atoms with van der Waals surface area (Å²) in [5.41, 5.74) is 7.10. The molecule has 1 atom stereocenters. The van der Waals surface area contributed by atoms with E-state index >= 15 is 0 Å². The molecule has 0 heterocycles. The van der Waals surface area contributed by atoms with Gasteiger partial charge >= 0.3 is 0 Å². The second kappa shape index (κ2) is 5.58. The molecule has 0 saturated carbocycles. The molecule has 0 unspecified atom stereocenters. The quantitative estimate of drug-likeness (QED) is 0.610. The van der Waals surface area contributed by atoms with Crippen LogP contribution >= 0.6 is 0 Å². The van der Waals surface area contributed by atoms with Gasteiger partial charge in [-0.2, -0.15) is 0 Å². The number of nitro groups is 1. The lowest BCUT2D eigenvalue weighted by Crippen LogP contribution is -2.21. The van der Waals surface area contributed by atoms with Crippen LogP contribution in [0.15, 0.2) is 18.2 Å². The maximum Gasteiger partial charge on any atom is 0.272 e. The molecular formula is C11H16N2O3. The molecule has 0 radical (unpaired) electrons. The van der Waals surface area contributed by atoms with E-state index in [1.807, 2.05) is 13.0 Å². The Kier molecular flexibility index (Phi) is 4.39. The van der Waals surface area contributed by atoms with Crippen molar-refractivity contribution in [2.24, 2.45) is 5.73 Å². The van der Waals surface area contributed by atoms with Crippen molar-refractivity contribution in [2.45, 2.75) is 26.5 Å². The van der Waals surface area contributed by atoms with Crippen LogP contribution in [0.5, 0.6) is 0 Å². The Morgan fingerprint density at radius 2 is 2.25 bits per heavy atom. The Bertz CT molecular complexity index is 377. The third kappa shape index (κ3) is 3.60. The van der Waals surface area contributed by atoms with Crippen LogP contribution < -0.4 is 5.73 Å². The predicted molar refractivity (Wildman–Crippen MR) is 61.1 cm³/mol. The van der Waals surface area contributed by atoms with E-state index in [-0.39, 0.29) is 16.7 Å². The summed E-state index contributed by atoms with van der Waals surface area (Å²) in [5, 5.41) is 10.7. The number of nitrogens with two attached hydrogens (primary N) is 1. The van der Waals surface area contributed by atoms with Gasteiger partial charge in [-0.05, 0) is 19.4 Å². The van der Waals surface area contributed by atoms with Crippen LogP contribution in [-0.2, 0) is 11.3 Å². The van der Waals surface area contributed by atoms with Gasteiger partial charge in [-0.15, -0.1) is 0 Å². The van der Waals surface area contributed by atoms with Crippen LogP contribution in [-0.4, -0.2) is 17.6 Å². The lowest BCUT2D eigenvalue weighted by Gasteiger charge is -2.07. The summed E-state index contributed by atoms with van der Waals surface area (Å²) in [6.45, 7) is 4.35. The van der Waals surface area contributed by atoms with E-state index in [1.165, 1.54) is 6.07 Å². The van der Waals surface area contributed by atoms with Crippen molar-refractivity contribution in [2.75, 3.05) is 6.61 Å². The summed E-state index contributed by atoms with van der Waals surface area (Å²) in [7, 11) is 0. The lowest BCUT2D eigenvalue weighted by molar-refractivity contribution is -0.385. The first-order valence-electron chi connectivity index (χ1n) is 5.08. The van der Waals surface area contributed by atoms with Crippen molar-refractivity contribution in [3.8, 4) is 0 Å². The number of rotatable bonds is 5. The van der Waals surface area contributed by atoms with Gasteiger partial charge in [0.25, 0.3) is 5.69 Å². The highest BCUT2D eigenvalue weighted by Crippen LogP contribution is 2.19. The second-order valence-corrected chi connectivity index (χ2v) is 3.87. The topological polar surface area (TPSA) is 78.4 Å². The molecule has 1 aromatic rings. The van der Waals surface area contributed by atoms with Crippen LogP contribution in [0.2, 0.25) is 0 Å². The van der Waals surface area contributed by atoms with Crippen molar-refractivity contribution < 1.29 is 9.66 Å². The fourth-order valence-corrected chi connectivity index (χ4v) is 1.30. The average Bonchev–Trinajstić information content (AvgIpc) is 2.19. The highest BCUT2D eigenvalue weighted by Gasteiger charge is 2.10. The van der Waals surface area contributed by atoms with Gasteiger partial charge in [-0.3, -0.25) is 10.1 Å². The Morgan fingerprint density at radius 3 is 2.81 bits per heavy atom. The zero-order valence-electron chi connectivity index (χ0n) is 9.47. The van der Waals surface area contributed by atoms with Crippen LogP contribution in [0, 0.1) is 17.0 Å². The minimum Gasteiger partial charge on any atom is -0.375 e. The number of nitro benzene ring substituents is 1. The summed E-state index contributed by atoms with van der Waals surface area (Å²) in [5.74, 6) is 0. The zero-order valence-corrected chi connectivity index (χ0v) is 9.47. The molecule has 1 rings (SSSR count). The largest absolute Gasteiger partial charge is 0.375 e. The molecule has 0 amide bonds. The molecule has 0 aliphatic rings. The van der Waals surface area contributed by atoms with E-state index < -0.39 is 0 Å². The second-order valence-electron chi connectivity index (χ2n) is 3.87. The van der Waals surface area contributed by atoms with Gasteiger partial charge in [0.15, 0.2) is 0 Å². The van der Waals surface area contributed by atoms with Crippen molar-refractivity contribution in [3.63, 3.8) is 0 Å². The van der Waals surface area contributed by atoms with E-state index in [0.29, 0.717) is 18.8 Å². The van der Waals surface area contributed by atoms with Gasteiger partial charge in [0.05, 0.1) is 18.1 Å². The van der Waals surface area contributed by atoms with Gasteiger partial charge in [0.2, 0.25) is 0 Å². The Balaban J connectivity index is 2.68. The van der Waals surface area contributed by atoms with Gasteiger partial charge in [0.1, 0.15) is 0 Å². The van der Waals surface area contributed by atoms with Crippen molar-refractivity contribution in [1.82, 2.24) is 0 Å². The summed E-state index contributed by atoms with van der Waals surface area (Å²) < 4.78 is 5.31. The molecule has 2 N–H and O–H groups in total. The maximum absolute atomic E-state index is 10.7. The predicted octanol–water partition coefficient (Wildman–Crippen LogP) is 1.77. The summed E-state index contributed by atoms with van der Waals surface area (Å²) in [6, 6.07) is 5.06. The summed E-state index contributed by atoms with van der Waals surface area (Å²) >= 11 is 0. The molecule has 0 saturated heterocycles. The summed E-state index contributed by atoms with van der Waals surface area (Å²) in [6.07, 6.45) is 0. The number of ether oxygens (including phenoxy) is 1. The number of hydrogen-bond donors (Lipinski definition) is 1. The fourth-order valence-electron chi connectivity index (χ4n) is 1.30. The standard InChI is InChI=1S/C11H16N2O3/c1-8-3-4-10(5-11(8)13(14)15)7-16-6-9(2)12/h3-5,9H,6-7,12H2,1-2H3/t9-/m1/s1. The van der Waals surface area contributed by atoms with Crippen molar-refractivity contribution in [3.05, 3.63) is 39.4 Å². The van der Waals surface area contributed by atoms with E-state index in [2.05, 4.69) is 0 Å². The molecule has 0 aliphatic carbocycles. The molecule has 0 bridgehead atoms. The molecule has 5 heteroatoms. The molecule has 88 valence electrons. The third-order valence-corrected chi connectivity index (χ3v) is 2.12. The van der Waals surface area contributed by atoms with E-state index in [4.69, 9.17) is 10.5 Å². The first kappa shape index (κ1) is 12.6. The maximum atomic E-state index is 10.7. The van der Waals surface area contributed by atoms with Crippen molar-refractivity contribution >= 4 is 5.69 Å². The zero-order chi connectivity index (χ0) is 12.1. The van der Waals surface area contributed by atoms with Gasteiger partial charge in [-0.1, -0.05) is 12.1 Å². The Labute approximate surface area is 94.4 Å². The molecule has 0 aromatic heterocycles. The molecule has 0 spiro atoms. The molecule has 1 aromatic carbocycles.